The monoisotopic (exact) mass is 373 g/mol. The van der Waals surface area contributed by atoms with Crippen LogP contribution in [0.1, 0.15) is 0 Å². The van der Waals surface area contributed by atoms with Gasteiger partial charge in [-0.3, -0.25) is 4.72 Å². The molecule has 0 atom stereocenters. The van der Waals surface area contributed by atoms with Gasteiger partial charge in [0.05, 0.1) is 18.1 Å². The van der Waals surface area contributed by atoms with E-state index in [0.717, 1.165) is 17.6 Å². The molecule has 0 unspecified atom stereocenters. The molecule has 0 fully saturated rings. The highest BCUT2D eigenvalue weighted by atomic mass is 32.2. The van der Waals surface area contributed by atoms with Crippen molar-refractivity contribution in [3.05, 3.63) is 30.5 Å². The van der Waals surface area contributed by atoms with Gasteiger partial charge in [0.25, 0.3) is 10.0 Å². The number of nitrogens with two attached hydrogens (primary N) is 1. The minimum atomic E-state index is -3.87. The van der Waals surface area contributed by atoms with E-state index in [-0.39, 0.29) is 4.34 Å². The Hall–Kier alpha value is -2.02. The summed E-state index contributed by atoms with van der Waals surface area (Å²) in [7, 11) is -7.25. The number of primary sulfonamides is 1. The average Bonchev–Trinajstić information content (AvgIpc) is 2.93. The highest BCUT2D eigenvalue weighted by Gasteiger charge is 2.17. The van der Waals surface area contributed by atoms with Gasteiger partial charge in [0, 0.05) is 11.3 Å². The number of sulfonamides is 2. The van der Waals surface area contributed by atoms with Crippen molar-refractivity contribution < 1.29 is 16.8 Å². The van der Waals surface area contributed by atoms with Crippen LogP contribution in [0.25, 0.3) is 16.2 Å². The summed E-state index contributed by atoms with van der Waals surface area (Å²) in [6, 6.07) is 6.66. The molecular formula is C11H11N5O4S3. The minimum absolute atomic E-state index is 0.223. The van der Waals surface area contributed by atoms with Crippen LogP contribution in [0.2, 0.25) is 0 Å². The Balaban J connectivity index is 2.00. The molecule has 0 aliphatic heterocycles. The van der Waals surface area contributed by atoms with Crippen LogP contribution in [0.4, 0.5) is 5.69 Å². The molecule has 122 valence electrons. The Morgan fingerprint density at radius 1 is 1.26 bits per heavy atom. The van der Waals surface area contributed by atoms with Crippen LogP contribution in [-0.4, -0.2) is 37.7 Å². The Kier molecular flexibility index (Phi) is 3.63. The molecule has 2 heterocycles. The minimum Gasteiger partial charge on any atom is -0.284 e. The Morgan fingerprint density at radius 2 is 2.00 bits per heavy atom. The van der Waals surface area contributed by atoms with Gasteiger partial charge in [0.15, 0.2) is 0 Å². The zero-order valence-corrected chi connectivity index (χ0v) is 14.1. The summed E-state index contributed by atoms with van der Waals surface area (Å²) in [6.07, 6.45) is 2.60. The summed E-state index contributed by atoms with van der Waals surface area (Å²) in [6.45, 7) is 0. The molecule has 0 radical (unpaired) electrons. The number of anilines is 1. The Labute approximate surface area is 135 Å². The summed E-state index contributed by atoms with van der Waals surface area (Å²) < 4.78 is 48.5. The second-order valence-electron chi connectivity index (χ2n) is 4.72. The van der Waals surface area contributed by atoms with Crippen molar-refractivity contribution in [3.8, 4) is 11.3 Å². The summed E-state index contributed by atoms with van der Waals surface area (Å²) >= 11 is 0.850. The number of benzene rings is 1. The Bertz CT molecular complexity index is 1070. The summed E-state index contributed by atoms with van der Waals surface area (Å²) in [5, 5.41) is 8.88. The standard InChI is InChI=1S/C11H11N5O4S3/c1-22(17,18)15-8-4-2-3-7(5-8)9-6-16-10(13-9)21-11(14-16)23(12,19)20/h2-6,15H,1H3,(H2,12,19,20). The van der Waals surface area contributed by atoms with Gasteiger partial charge in [-0.25, -0.2) is 31.5 Å². The Morgan fingerprint density at radius 3 is 2.61 bits per heavy atom. The van der Waals surface area contributed by atoms with E-state index >= 15 is 0 Å². The number of fused-ring (bicyclic) bond motifs is 1. The van der Waals surface area contributed by atoms with Gasteiger partial charge in [-0.15, -0.1) is 5.10 Å². The maximum absolute atomic E-state index is 11.3. The van der Waals surface area contributed by atoms with E-state index in [1.54, 1.807) is 30.5 Å². The van der Waals surface area contributed by atoms with Crippen LogP contribution < -0.4 is 9.86 Å². The second kappa shape index (κ2) is 5.26. The number of imidazole rings is 1. The first-order chi connectivity index (χ1) is 10.6. The molecule has 0 saturated heterocycles. The molecule has 0 aliphatic rings. The third-order valence-corrected chi connectivity index (χ3v) is 5.57. The first-order valence-corrected chi connectivity index (χ1v) is 10.3. The molecular weight excluding hydrogens is 362 g/mol. The lowest BCUT2D eigenvalue weighted by Crippen LogP contribution is -2.12. The van der Waals surface area contributed by atoms with Crippen LogP contribution in [-0.2, 0) is 20.0 Å². The summed E-state index contributed by atoms with van der Waals surface area (Å²) in [5.41, 5.74) is 1.59. The number of hydrogen-bond donors (Lipinski definition) is 2. The predicted molar refractivity (Wildman–Crippen MR) is 86.1 cm³/mol. The number of rotatable bonds is 4. The van der Waals surface area contributed by atoms with Gasteiger partial charge in [-0.05, 0) is 12.1 Å². The van der Waals surface area contributed by atoms with Gasteiger partial charge >= 0.3 is 0 Å². The van der Waals surface area contributed by atoms with Crippen LogP contribution in [0.15, 0.2) is 34.8 Å². The van der Waals surface area contributed by atoms with Gasteiger partial charge in [0.1, 0.15) is 0 Å². The normalized spacial score (nSPS) is 12.6. The van der Waals surface area contributed by atoms with E-state index < -0.39 is 20.0 Å². The fourth-order valence-electron chi connectivity index (χ4n) is 1.89. The molecule has 12 heteroatoms. The SMILES string of the molecule is CS(=O)(=O)Nc1cccc(-c2cn3nc(S(N)(=O)=O)sc3n2)c1. The largest absolute Gasteiger partial charge is 0.284 e. The van der Waals surface area contributed by atoms with Crippen LogP contribution in [0, 0.1) is 0 Å². The lowest BCUT2D eigenvalue weighted by molar-refractivity contribution is 0.594. The lowest BCUT2D eigenvalue weighted by Gasteiger charge is -2.04. The molecule has 1 aromatic carbocycles. The van der Waals surface area contributed by atoms with E-state index in [2.05, 4.69) is 14.8 Å². The predicted octanol–water partition coefficient (Wildman–Crippen LogP) is 0.477. The molecule has 3 N–H and O–H groups in total. The van der Waals surface area contributed by atoms with E-state index in [1.165, 1.54) is 4.52 Å². The quantitative estimate of drug-likeness (QED) is 0.682. The molecule has 0 amide bonds. The van der Waals surface area contributed by atoms with Gasteiger partial charge in [-0.1, -0.05) is 23.5 Å². The molecule has 0 aliphatic carbocycles. The molecule has 0 bridgehead atoms. The molecule has 3 rings (SSSR count). The van der Waals surface area contributed by atoms with E-state index in [0.29, 0.717) is 21.9 Å². The summed E-state index contributed by atoms with van der Waals surface area (Å²) in [4.78, 5) is 4.64. The van der Waals surface area contributed by atoms with E-state index in [4.69, 9.17) is 5.14 Å². The maximum Gasteiger partial charge on any atom is 0.267 e. The second-order valence-corrected chi connectivity index (χ2v) is 9.16. The van der Waals surface area contributed by atoms with Gasteiger partial charge < -0.3 is 0 Å². The van der Waals surface area contributed by atoms with Crippen molar-refractivity contribution >= 4 is 42.0 Å². The van der Waals surface area contributed by atoms with Crippen molar-refractivity contribution in [1.82, 2.24) is 14.6 Å². The topological polar surface area (TPSA) is 137 Å². The first-order valence-electron chi connectivity index (χ1n) is 6.09. The fraction of sp³-hybridized carbons (Fsp3) is 0.0909. The number of hydrogen-bond acceptors (Lipinski definition) is 7. The first kappa shape index (κ1) is 15.9. The molecule has 2 aromatic heterocycles. The third-order valence-electron chi connectivity index (χ3n) is 2.73. The maximum atomic E-state index is 11.3. The molecule has 3 aromatic rings. The van der Waals surface area contributed by atoms with Crippen molar-refractivity contribution in [1.29, 1.82) is 0 Å². The van der Waals surface area contributed by atoms with Crippen LogP contribution in [0.3, 0.4) is 0 Å². The van der Waals surface area contributed by atoms with Gasteiger partial charge in [-0.2, -0.15) is 0 Å². The number of aromatic nitrogens is 3. The van der Waals surface area contributed by atoms with E-state index in [9.17, 15) is 16.8 Å². The third kappa shape index (κ3) is 3.50. The zero-order valence-electron chi connectivity index (χ0n) is 11.7. The smallest absolute Gasteiger partial charge is 0.267 e. The molecule has 23 heavy (non-hydrogen) atoms. The van der Waals surface area contributed by atoms with Crippen molar-refractivity contribution in [2.24, 2.45) is 5.14 Å². The van der Waals surface area contributed by atoms with Crippen LogP contribution in [0.5, 0.6) is 0 Å². The van der Waals surface area contributed by atoms with Crippen molar-refractivity contribution in [2.75, 3.05) is 11.0 Å². The average molecular weight is 373 g/mol. The molecule has 0 spiro atoms. The molecule has 0 saturated carbocycles. The highest BCUT2D eigenvalue weighted by molar-refractivity contribution is 7.92. The van der Waals surface area contributed by atoms with Crippen LogP contribution >= 0.6 is 11.3 Å². The fourth-order valence-corrected chi connectivity index (χ4v) is 3.95. The van der Waals surface area contributed by atoms with E-state index in [1.807, 2.05) is 0 Å². The van der Waals surface area contributed by atoms with Crippen molar-refractivity contribution in [2.45, 2.75) is 4.34 Å². The zero-order chi connectivity index (χ0) is 16.8. The number of nitrogens with zero attached hydrogens (tertiary/aromatic N) is 3. The lowest BCUT2D eigenvalue weighted by atomic mass is 10.1. The van der Waals surface area contributed by atoms with Gasteiger partial charge in [0.2, 0.25) is 19.3 Å². The molecule has 9 nitrogen and oxygen atoms in total. The number of nitrogens with one attached hydrogen (secondary N) is 1. The highest BCUT2D eigenvalue weighted by Crippen LogP contribution is 2.25. The van der Waals surface area contributed by atoms with Crippen molar-refractivity contribution in [3.63, 3.8) is 0 Å². The summed E-state index contributed by atoms with van der Waals surface area (Å²) in [5.74, 6) is 0.